The molecule has 1 aromatic heterocycles. The van der Waals surface area contributed by atoms with Crippen LogP contribution in [0.25, 0.3) is 5.69 Å². The fraction of sp³-hybridized carbons (Fsp3) is 0.393. The molecule has 2 N–H and O–H groups in total. The summed E-state index contributed by atoms with van der Waals surface area (Å²) < 4.78 is 1.46. The Morgan fingerprint density at radius 1 is 0.944 bits per heavy atom. The number of hydrazine groups is 1. The molecule has 2 fully saturated rings. The highest BCUT2D eigenvalue weighted by molar-refractivity contribution is 5.82. The van der Waals surface area contributed by atoms with Gasteiger partial charge in [-0.15, -0.1) is 5.10 Å². The minimum atomic E-state index is -0.239. The first-order chi connectivity index (χ1) is 17.4. The van der Waals surface area contributed by atoms with Gasteiger partial charge in [0.05, 0.1) is 5.69 Å². The Kier molecular flexibility index (Phi) is 6.89. The Hall–Kier alpha value is -3.49. The van der Waals surface area contributed by atoms with E-state index in [0.29, 0.717) is 26.2 Å². The maximum absolute atomic E-state index is 13.2. The maximum Gasteiger partial charge on any atom is 0.271 e. The highest BCUT2D eigenvalue weighted by Gasteiger charge is 2.34. The average molecular weight is 487 g/mol. The van der Waals surface area contributed by atoms with Gasteiger partial charge >= 0.3 is 0 Å². The van der Waals surface area contributed by atoms with Crippen molar-refractivity contribution in [1.82, 2.24) is 25.5 Å². The Labute approximate surface area is 211 Å². The minimum absolute atomic E-state index is 0.127. The first kappa shape index (κ1) is 24.2. The highest BCUT2D eigenvalue weighted by Crippen LogP contribution is 2.24. The number of carbonyl (C=O) groups excluding carboxylic acids is 1. The number of rotatable bonds is 5. The summed E-state index contributed by atoms with van der Waals surface area (Å²) >= 11 is 0. The molecule has 2 unspecified atom stereocenters. The van der Waals surface area contributed by atoms with Gasteiger partial charge in [0.2, 0.25) is 5.91 Å². The van der Waals surface area contributed by atoms with Crippen LogP contribution in [0.1, 0.15) is 41.6 Å². The number of benzene rings is 2. The summed E-state index contributed by atoms with van der Waals surface area (Å²) in [5.41, 5.74) is 11.9. The van der Waals surface area contributed by atoms with Crippen LogP contribution in [-0.2, 0) is 11.2 Å². The molecule has 2 aliphatic heterocycles. The topological polar surface area (TPSA) is 82.5 Å². The van der Waals surface area contributed by atoms with Crippen LogP contribution < -0.4 is 21.3 Å². The summed E-state index contributed by atoms with van der Waals surface area (Å²) in [4.78, 5) is 29.8. The van der Waals surface area contributed by atoms with Crippen LogP contribution in [0.2, 0.25) is 0 Å². The Balaban J connectivity index is 1.21. The average Bonchev–Trinajstić information content (AvgIpc) is 3.41. The third kappa shape index (κ3) is 4.92. The monoisotopic (exact) mass is 486 g/mol. The fourth-order valence-electron chi connectivity index (χ4n) is 4.91. The van der Waals surface area contributed by atoms with Crippen molar-refractivity contribution in [3.8, 4) is 5.69 Å². The number of aryl methyl sites for hydroxylation is 3. The second-order valence-corrected chi connectivity index (χ2v) is 9.75. The van der Waals surface area contributed by atoms with Gasteiger partial charge in [0.1, 0.15) is 11.9 Å². The summed E-state index contributed by atoms with van der Waals surface area (Å²) in [7, 11) is 0. The zero-order valence-electron chi connectivity index (χ0n) is 21.2. The van der Waals surface area contributed by atoms with Crippen molar-refractivity contribution in [3.05, 3.63) is 87.2 Å². The van der Waals surface area contributed by atoms with Crippen LogP contribution in [0.3, 0.4) is 0 Å². The predicted octanol–water partition coefficient (Wildman–Crippen LogP) is 2.67. The molecule has 3 aromatic rings. The molecule has 0 bridgehead atoms. The highest BCUT2D eigenvalue weighted by atomic mass is 16.2. The van der Waals surface area contributed by atoms with E-state index in [1.54, 1.807) is 12.1 Å². The third-order valence-corrected chi connectivity index (χ3v) is 7.43. The standard InChI is InChI=1S/C28H34N6O2/c1-4-21-6-8-22(9-7-21)24-18-25(30-29-24)28(36)33-15-13-32(14-16-33)26-11-12-27(35)34(31-26)23-10-5-19(2)20(3)17-23/h5-12,17,24-25,29-30H,4,13-16,18H2,1-3H3. The normalized spacial score (nSPS) is 20.1. The molecule has 2 atom stereocenters. The number of amides is 1. The van der Waals surface area contributed by atoms with Gasteiger partial charge in [-0.05, 0) is 67.1 Å². The van der Waals surface area contributed by atoms with Gasteiger partial charge in [0.15, 0.2) is 0 Å². The van der Waals surface area contributed by atoms with Gasteiger partial charge in [-0.1, -0.05) is 37.3 Å². The van der Waals surface area contributed by atoms with Gasteiger partial charge in [-0.25, -0.2) is 10.9 Å². The van der Waals surface area contributed by atoms with Crippen molar-refractivity contribution in [2.75, 3.05) is 31.1 Å². The molecule has 2 aromatic carbocycles. The molecule has 188 valence electrons. The number of piperazine rings is 1. The quantitative estimate of drug-likeness (QED) is 0.577. The number of nitrogens with one attached hydrogen (secondary N) is 2. The number of aromatic nitrogens is 2. The first-order valence-corrected chi connectivity index (χ1v) is 12.7. The van der Waals surface area contributed by atoms with E-state index in [1.165, 1.54) is 21.4 Å². The lowest BCUT2D eigenvalue weighted by Gasteiger charge is -2.36. The second-order valence-electron chi connectivity index (χ2n) is 9.75. The molecule has 8 heteroatoms. The smallest absolute Gasteiger partial charge is 0.271 e. The molecule has 0 radical (unpaired) electrons. The summed E-state index contributed by atoms with van der Waals surface area (Å²) in [5.74, 6) is 0.874. The molecule has 2 aliphatic rings. The van der Waals surface area contributed by atoms with Crippen LogP contribution >= 0.6 is 0 Å². The Morgan fingerprint density at radius 2 is 1.69 bits per heavy atom. The molecular weight excluding hydrogens is 452 g/mol. The van der Waals surface area contributed by atoms with Crippen LogP contribution in [-0.4, -0.2) is 52.8 Å². The molecule has 0 aliphatic carbocycles. The van der Waals surface area contributed by atoms with E-state index >= 15 is 0 Å². The molecule has 36 heavy (non-hydrogen) atoms. The molecule has 0 spiro atoms. The lowest BCUT2D eigenvalue weighted by atomic mass is 9.99. The Bertz CT molecular complexity index is 1290. The van der Waals surface area contributed by atoms with Gasteiger partial charge in [-0.2, -0.15) is 4.68 Å². The molecule has 5 rings (SSSR count). The zero-order chi connectivity index (χ0) is 25.2. The lowest BCUT2D eigenvalue weighted by Crippen LogP contribution is -2.54. The van der Waals surface area contributed by atoms with Crippen molar-refractivity contribution >= 4 is 11.7 Å². The molecule has 8 nitrogen and oxygen atoms in total. The summed E-state index contributed by atoms with van der Waals surface area (Å²) in [6.07, 6.45) is 1.75. The van der Waals surface area contributed by atoms with Crippen molar-refractivity contribution < 1.29 is 4.79 Å². The van der Waals surface area contributed by atoms with Crippen LogP contribution in [0.5, 0.6) is 0 Å². The van der Waals surface area contributed by atoms with E-state index in [2.05, 4.69) is 52.0 Å². The van der Waals surface area contributed by atoms with Crippen molar-refractivity contribution in [2.45, 2.75) is 45.7 Å². The minimum Gasteiger partial charge on any atom is -0.352 e. The molecular formula is C28H34N6O2. The van der Waals surface area contributed by atoms with Crippen molar-refractivity contribution in [2.24, 2.45) is 0 Å². The summed E-state index contributed by atoms with van der Waals surface area (Å²) in [5, 5.41) is 4.64. The van der Waals surface area contributed by atoms with Crippen LogP contribution in [0.4, 0.5) is 5.82 Å². The third-order valence-electron chi connectivity index (χ3n) is 7.43. The second kappa shape index (κ2) is 10.2. The number of hydrogen-bond donors (Lipinski definition) is 2. The number of nitrogens with zero attached hydrogens (tertiary/aromatic N) is 4. The SMILES string of the molecule is CCc1ccc(C2CC(C(=O)N3CCN(c4ccc(=O)n(-c5ccc(C)c(C)c5)n4)CC3)NN2)cc1. The van der Waals surface area contributed by atoms with E-state index in [4.69, 9.17) is 0 Å². The van der Waals surface area contributed by atoms with Gasteiger partial charge in [0, 0.05) is 38.3 Å². The number of hydrogen-bond acceptors (Lipinski definition) is 6. The van der Waals surface area contributed by atoms with E-state index in [-0.39, 0.29) is 23.6 Å². The predicted molar refractivity (Wildman–Crippen MR) is 141 cm³/mol. The van der Waals surface area contributed by atoms with Gasteiger partial charge in [-0.3, -0.25) is 9.59 Å². The van der Waals surface area contributed by atoms with Crippen molar-refractivity contribution in [1.29, 1.82) is 0 Å². The number of anilines is 1. The Morgan fingerprint density at radius 3 is 2.39 bits per heavy atom. The van der Waals surface area contributed by atoms with Crippen molar-refractivity contribution in [3.63, 3.8) is 0 Å². The van der Waals surface area contributed by atoms with Gasteiger partial charge in [0.25, 0.3) is 5.56 Å². The zero-order valence-corrected chi connectivity index (χ0v) is 21.2. The van der Waals surface area contributed by atoms with Gasteiger partial charge < -0.3 is 9.80 Å². The van der Waals surface area contributed by atoms with E-state index in [1.807, 2.05) is 36.9 Å². The largest absolute Gasteiger partial charge is 0.352 e. The van der Waals surface area contributed by atoms with Crippen LogP contribution in [0, 0.1) is 13.8 Å². The molecule has 1 amide bonds. The summed E-state index contributed by atoms with van der Waals surface area (Å²) in [6, 6.07) is 17.7. The fourth-order valence-corrected chi connectivity index (χ4v) is 4.91. The molecule has 0 saturated carbocycles. The lowest BCUT2D eigenvalue weighted by molar-refractivity contribution is -0.133. The van der Waals surface area contributed by atoms with Crippen LogP contribution in [0.15, 0.2) is 59.4 Å². The summed E-state index contributed by atoms with van der Waals surface area (Å²) in [6.45, 7) is 8.82. The van der Waals surface area contributed by atoms with E-state index < -0.39 is 0 Å². The number of carbonyl (C=O) groups is 1. The van der Waals surface area contributed by atoms with E-state index in [9.17, 15) is 9.59 Å². The maximum atomic E-state index is 13.2. The molecule has 3 heterocycles. The first-order valence-electron chi connectivity index (χ1n) is 12.7. The molecule has 2 saturated heterocycles. The van der Waals surface area contributed by atoms with E-state index in [0.717, 1.165) is 29.9 Å².